The van der Waals surface area contributed by atoms with Gasteiger partial charge in [-0.05, 0) is 37.5 Å². The Balaban J connectivity index is 1.66. The molecule has 3 aliphatic rings. The van der Waals surface area contributed by atoms with Crippen LogP contribution in [0.5, 0.6) is 5.75 Å². The molecule has 158 valence electrons. The van der Waals surface area contributed by atoms with Gasteiger partial charge in [0.25, 0.3) is 5.91 Å². The summed E-state index contributed by atoms with van der Waals surface area (Å²) in [5.41, 5.74) is 2.17. The van der Waals surface area contributed by atoms with Crippen molar-refractivity contribution in [1.82, 2.24) is 20.0 Å². The van der Waals surface area contributed by atoms with E-state index in [2.05, 4.69) is 35.0 Å². The van der Waals surface area contributed by atoms with E-state index >= 15 is 0 Å². The number of hydrogen-bond donors (Lipinski definition) is 1. The number of nitrogens with one attached hydrogen (secondary N) is 1. The molecule has 0 spiro atoms. The molecule has 0 aromatic heterocycles. The van der Waals surface area contributed by atoms with Crippen LogP contribution in [0, 0.1) is 6.92 Å². The van der Waals surface area contributed by atoms with E-state index in [0.29, 0.717) is 6.54 Å². The van der Waals surface area contributed by atoms with Gasteiger partial charge in [0.1, 0.15) is 24.2 Å². The van der Waals surface area contributed by atoms with Crippen LogP contribution in [-0.4, -0.2) is 78.9 Å². The summed E-state index contributed by atoms with van der Waals surface area (Å²) in [6.07, 6.45) is 2.24. The van der Waals surface area contributed by atoms with Crippen LogP contribution in [0.4, 0.5) is 10.5 Å². The molecule has 8 nitrogen and oxygen atoms in total. The molecule has 3 aliphatic heterocycles. The van der Waals surface area contributed by atoms with Gasteiger partial charge in [-0.15, -0.1) is 0 Å². The third-order valence-electron chi connectivity index (χ3n) is 6.25. The van der Waals surface area contributed by atoms with Crippen molar-refractivity contribution in [2.45, 2.75) is 51.6 Å². The van der Waals surface area contributed by atoms with Crippen molar-refractivity contribution in [3.63, 3.8) is 0 Å². The molecule has 0 bridgehead atoms. The molecule has 4 rings (SSSR count). The van der Waals surface area contributed by atoms with Crippen molar-refractivity contribution < 1.29 is 14.3 Å². The van der Waals surface area contributed by atoms with E-state index in [1.54, 1.807) is 19.1 Å². The van der Waals surface area contributed by atoms with E-state index in [9.17, 15) is 9.59 Å². The Bertz CT molecular complexity index is 801. The maximum absolute atomic E-state index is 13.3. The van der Waals surface area contributed by atoms with E-state index in [1.807, 2.05) is 12.1 Å². The lowest BCUT2D eigenvalue weighted by atomic mass is 10.1. The molecule has 3 unspecified atom stereocenters. The molecule has 29 heavy (non-hydrogen) atoms. The Hall–Kier alpha value is -2.32. The highest BCUT2D eigenvalue weighted by Crippen LogP contribution is 2.37. The summed E-state index contributed by atoms with van der Waals surface area (Å²) < 4.78 is 5.61. The smallest absolute Gasteiger partial charge is 0.327 e. The third-order valence-corrected chi connectivity index (χ3v) is 6.25. The number of carbonyl (C=O) groups is 2. The van der Waals surface area contributed by atoms with Crippen molar-refractivity contribution in [3.05, 3.63) is 23.8 Å². The lowest BCUT2D eigenvalue weighted by Gasteiger charge is -2.44. The number of nitrogens with zero attached hydrogens (tertiary/aromatic N) is 4. The largest absolute Gasteiger partial charge is 0.495 e. The topological polar surface area (TPSA) is 68.4 Å². The van der Waals surface area contributed by atoms with Crippen molar-refractivity contribution in [2.75, 3.05) is 38.7 Å². The molecule has 8 heteroatoms. The van der Waals surface area contributed by atoms with E-state index in [-0.39, 0.29) is 30.4 Å². The number of urea groups is 1. The van der Waals surface area contributed by atoms with Crippen LogP contribution in [0.25, 0.3) is 0 Å². The number of hydrogen-bond acceptors (Lipinski definition) is 6. The van der Waals surface area contributed by atoms with Gasteiger partial charge in [-0.1, -0.05) is 19.4 Å². The molecule has 3 amide bonds. The molecule has 0 aliphatic carbocycles. The molecule has 0 saturated carbocycles. The predicted molar refractivity (Wildman–Crippen MR) is 111 cm³/mol. The number of anilines is 1. The zero-order valence-electron chi connectivity index (χ0n) is 17.7. The second kappa shape index (κ2) is 7.84. The second-order valence-electron chi connectivity index (χ2n) is 8.13. The van der Waals surface area contributed by atoms with Crippen LogP contribution < -0.4 is 15.0 Å². The Morgan fingerprint density at radius 1 is 1.24 bits per heavy atom. The average Bonchev–Trinajstić information content (AvgIpc) is 3.12. The van der Waals surface area contributed by atoms with Crippen LogP contribution in [0.1, 0.15) is 31.7 Å². The molecule has 3 heterocycles. The zero-order valence-corrected chi connectivity index (χ0v) is 17.7. The molecule has 1 N–H and O–H groups in total. The maximum Gasteiger partial charge on any atom is 0.327 e. The van der Waals surface area contributed by atoms with Gasteiger partial charge in [0.2, 0.25) is 0 Å². The van der Waals surface area contributed by atoms with E-state index in [0.717, 1.165) is 49.4 Å². The molecule has 0 radical (unpaired) electrons. The fourth-order valence-corrected chi connectivity index (χ4v) is 4.71. The summed E-state index contributed by atoms with van der Waals surface area (Å²) in [5, 5.41) is 3.56. The number of carbonyl (C=O) groups excluding carboxylic acids is 2. The molecule has 3 atom stereocenters. The summed E-state index contributed by atoms with van der Waals surface area (Å²) >= 11 is 0. The monoisotopic (exact) mass is 401 g/mol. The van der Waals surface area contributed by atoms with Crippen molar-refractivity contribution in [2.24, 2.45) is 0 Å². The Morgan fingerprint density at radius 2 is 2.03 bits per heavy atom. The molecular formula is C21H31N5O3. The number of benzene rings is 1. The summed E-state index contributed by atoms with van der Waals surface area (Å²) in [4.78, 5) is 33.7. The maximum atomic E-state index is 13.3. The minimum atomic E-state index is -0.363. The number of rotatable bonds is 5. The van der Waals surface area contributed by atoms with Gasteiger partial charge in [-0.3, -0.25) is 19.9 Å². The Morgan fingerprint density at radius 3 is 2.76 bits per heavy atom. The number of unbranched alkanes of at least 4 members (excludes halogenated alkanes) is 1. The highest BCUT2D eigenvalue weighted by atomic mass is 16.5. The van der Waals surface area contributed by atoms with E-state index in [4.69, 9.17) is 4.74 Å². The summed E-state index contributed by atoms with van der Waals surface area (Å²) in [5.74, 6) is 0.731. The first-order chi connectivity index (χ1) is 14.0. The normalized spacial score (nSPS) is 27.3. The Kier molecular flexibility index (Phi) is 5.40. The minimum Gasteiger partial charge on any atom is -0.495 e. The first-order valence-electron chi connectivity index (χ1n) is 10.5. The predicted octanol–water partition coefficient (Wildman–Crippen LogP) is 1.79. The lowest BCUT2D eigenvalue weighted by molar-refractivity contribution is -0.138. The van der Waals surface area contributed by atoms with Crippen LogP contribution in [-0.2, 0) is 4.79 Å². The fourth-order valence-electron chi connectivity index (χ4n) is 4.71. The highest BCUT2D eigenvalue weighted by Gasteiger charge is 2.56. The van der Waals surface area contributed by atoms with Gasteiger partial charge in [-0.2, -0.15) is 0 Å². The van der Waals surface area contributed by atoms with Crippen LogP contribution >= 0.6 is 0 Å². The minimum absolute atomic E-state index is 0.0837. The van der Waals surface area contributed by atoms with E-state index < -0.39 is 0 Å². The lowest BCUT2D eigenvalue weighted by Crippen LogP contribution is -2.66. The number of likely N-dealkylation sites (N-methyl/N-ethyl adjacent to an activating group) is 1. The quantitative estimate of drug-likeness (QED) is 0.811. The second-order valence-corrected chi connectivity index (χ2v) is 8.13. The molecule has 1 aromatic carbocycles. The first-order valence-corrected chi connectivity index (χ1v) is 10.5. The third kappa shape index (κ3) is 3.24. The number of ether oxygens (including phenoxy) is 1. The number of methoxy groups -OCH3 is 1. The summed E-state index contributed by atoms with van der Waals surface area (Å²) in [6.45, 7) is 6.29. The zero-order chi connectivity index (χ0) is 20.7. The summed E-state index contributed by atoms with van der Waals surface area (Å²) in [6, 6.07) is 5.57. The molecule has 1 aromatic rings. The van der Waals surface area contributed by atoms with Gasteiger partial charge in [0.05, 0.1) is 12.8 Å². The molecule has 3 saturated heterocycles. The van der Waals surface area contributed by atoms with Crippen molar-refractivity contribution >= 4 is 17.6 Å². The van der Waals surface area contributed by atoms with Crippen LogP contribution in [0.15, 0.2) is 18.2 Å². The summed E-state index contributed by atoms with van der Waals surface area (Å²) in [7, 11) is 3.47. The van der Waals surface area contributed by atoms with Crippen LogP contribution in [0.2, 0.25) is 0 Å². The average molecular weight is 402 g/mol. The standard InChI is InChI=1S/C21H31N5O3/c1-5-6-10-26-19(27)17-18(23(3)21(26)28)22-20-24(11-7-12-25(17)20)15-13-14(2)8-9-16(15)29-4/h8-9,13,17-18,20,22H,5-7,10-12H2,1-4H3. The van der Waals surface area contributed by atoms with Gasteiger partial charge in [-0.25, -0.2) is 4.79 Å². The first kappa shape index (κ1) is 20.0. The number of imide groups is 1. The van der Waals surface area contributed by atoms with Gasteiger partial charge in [0.15, 0.2) is 0 Å². The van der Waals surface area contributed by atoms with Crippen LogP contribution in [0.3, 0.4) is 0 Å². The van der Waals surface area contributed by atoms with E-state index in [1.165, 1.54) is 4.90 Å². The fraction of sp³-hybridized carbons (Fsp3) is 0.619. The van der Waals surface area contributed by atoms with Crippen molar-refractivity contribution in [1.29, 1.82) is 0 Å². The van der Waals surface area contributed by atoms with Gasteiger partial charge in [0, 0.05) is 26.7 Å². The molecule has 3 fully saturated rings. The number of amides is 3. The van der Waals surface area contributed by atoms with Crippen molar-refractivity contribution in [3.8, 4) is 5.75 Å². The Labute approximate surface area is 172 Å². The SMILES string of the molecule is CCCCN1C(=O)C2C(NC3N(c4cc(C)ccc4OC)CCCN23)N(C)C1=O. The highest BCUT2D eigenvalue weighted by molar-refractivity contribution is 6.00. The van der Waals surface area contributed by atoms with Gasteiger partial charge < -0.3 is 14.5 Å². The van der Waals surface area contributed by atoms with Gasteiger partial charge >= 0.3 is 6.03 Å². The number of aryl methyl sites for hydroxylation is 1. The molecular weight excluding hydrogens is 370 g/mol. The number of fused-ring (bicyclic) bond motifs is 3.